The lowest BCUT2D eigenvalue weighted by molar-refractivity contribution is -0.123. The third kappa shape index (κ3) is 3.72. The van der Waals surface area contributed by atoms with Crippen molar-refractivity contribution in [2.45, 2.75) is 19.1 Å². The van der Waals surface area contributed by atoms with Crippen LogP contribution < -0.4 is 16.0 Å². The molecule has 6 nitrogen and oxygen atoms in total. The van der Waals surface area contributed by atoms with Gasteiger partial charge >= 0.3 is 0 Å². The van der Waals surface area contributed by atoms with Crippen LogP contribution >= 0.6 is 11.6 Å². The summed E-state index contributed by atoms with van der Waals surface area (Å²) in [6.07, 6.45) is -0.195. The van der Waals surface area contributed by atoms with E-state index in [4.69, 9.17) is 16.3 Å². The summed E-state index contributed by atoms with van der Waals surface area (Å²) in [4.78, 5) is 23.7. The van der Waals surface area contributed by atoms with Crippen molar-refractivity contribution in [3.05, 3.63) is 28.8 Å². The highest BCUT2D eigenvalue weighted by Gasteiger charge is 2.28. The van der Waals surface area contributed by atoms with E-state index in [0.29, 0.717) is 24.4 Å². The van der Waals surface area contributed by atoms with E-state index >= 15 is 0 Å². The minimum Gasteiger partial charge on any atom is -0.375 e. The van der Waals surface area contributed by atoms with E-state index in [9.17, 15) is 9.59 Å². The van der Waals surface area contributed by atoms with Crippen molar-refractivity contribution in [2.75, 3.05) is 25.5 Å². The number of carbonyl (C=O) groups is 2. The van der Waals surface area contributed by atoms with Gasteiger partial charge in [-0.05, 0) is 25.1 Å². The van der Waals surface area contributed by atoms with Crippen LogP contribution in [0.1, 0.15) is 17.3 Å². The van der Waals surface area contributed by atoms with Crippen molar-refractivity contribution >= 4 is 29.1 Å². The van der Waals surface area contributed by atoms with Gasteiger partial charge in [-0.15, -0.1) is 0 Å². The molecule has 0 bridgehead atoms. The Kier molecular flexibility index (Phi) is 5.17. The summed E-state index contributed by atoms with van der Waals surface area (Å²) in [5.41, 5.74) is 0.905. The van der Waals surface area contributed by atoms with Gasteiger partial charge in [0.1, 0.15) is 6.04 Å². The third-order valence-corrected chi connectivity index (χ3v) is 3.62. The van der Waals surface area contributed by atoms with E-state index < -0.39 is 6.04 Å². The van der Waals surface area contributed by atoms with E-state index in [1.807, 2.05) is 6.92 Å². The molecule has 0 spiro atoms. The lowest BCUT2D eigenvalue weighted by atomic mass is 10.1. The molecule has 1 fully saturated rings. The van der Waals surface area contributed by atoms with Gasteiger partial charge in [-0.3, -0.25) is 9.59 Å². The minimum absolute atomic E-state index is 0.189. The number of anilines is 1. The summed E-state index contributed by atoms with van der Waals surface area (Å²) >= 11 is 6.05. The average molecular weight is 312 g/mol. The molecule has 1 aromatic rings. The van der Waals surface area contributed by atoms with E-state index in [2.05, 4.69) is 16.0 Å². The average Bonchev–Trinajstić information content (AvgIpc) is 2.47. The van der Waals surface area contributed by atoms with Crippen molar-refractivity contribution in [1.29, 1.82) is 0 Å². The van der Waals surface area contributed by atoms with Gasteiger partial charge < -0.3 is 20.7 Å². The fourth-order valence-electron chi connectivity index (χ4n) is 2.16. The van der Waals surface area contributed by atoms with Gasteiger partial charge in [0.2, 0.25) is 5.91 Å². The molecule has 1 aromatic carbocycles. The van der Waals surface area contributed by atoms with E-state index in [1.165, 1.54) is 7.05 Å². The zero-order valence-electron chi connectivity index (χ0n) is 11.9. The second-order valence-corrected chi connectivity index (χ2v) is 5.18. The van der Waals surface area contributed by atoms with Crippen LogP contribution in [0, 0.1) is 0 Å². The highest BCUT2D eigenvalue weighted by Crippen LogP contribution is 2.21. The normalized spacial score (nSPS) is 21.7. The molecule has 1 heterocycles. The van der Waals surface area contributed by atoms with Gasteiger partial charge in [0, 0.05) is 19.3 Å². The Hall–Kier alpha value is -1.63. The first kappa shape index (κ1) is 15.8. The zero-order chi connectivity index (χ0) is 15.4. The number of morpholine rings is 1. The van der Waals surface area contributed by atoms with Gasteiger partial charge in [0.05, 0.1) is 23.3 Å². The van der Waals surface area contributed by atoms with E-state index in [-0.39, 0.29) is 22.9 Å². The van der Waals surface area contributed by atoms with Crippen LogP contribution in [0.15, 0.2) is 18.2 Å². The maximum Gasteiger partial charge on any atom is 0.252 e. The van der Waals surface area contributed by atoms with Crippen molar-refractivity contribution in [2.24, 2.45) is 0 Å². The van der Waals surface area contributed by atoms with Crippen LogP contribution in [-0.4, -0.2) is 44.2 Å². The Labute approximate surface area is 128 Å². The van der Waals surface area contributed by atoms with Crippen molar-refractivity contribution in [3.63, 3.8) is 0 Å². The monoisotopic (exact) mass is 311 g/mol. The summed E-state index contributed by atoms with van der Waals surface area (Å²) in [6, 6.07) is 4.36. The van der Waals surface area contributed by atoms with E-state index in [0.717, 1.165) is 0 Å². The molecule has 2 atom stereocenters. The molecule has 114 valence electrons. The first-order valence-corrected chi connectivity index (χ1v) is 7.08. The number of carbonyl (C=O) groups excluding carboxylic acids is 2. The van der Waals surface area contributed by atoms with Gasteiger partial charge in [0.25, 0.3) is 5.91 Å². The number of hydrogen-bond acceptors (Lipinski definition) is 4. The van der Waals surface area contributed by atoms with Gasteiger partial charge in [-0.25, -0.2) is 0 Å². The van der Waals surface area contributed by atoms with Crippen LogP contribution in [0.2, 0.25) is 5.02 Å². The molecule has 0 aliphatic carbocycles. The van der Waals surface area contributed by atoms with Gasteiger partial charge in [-0.1, -0.05) is 11.6 Å². The van der Waals surface area contributed by atoms with Gasteiger partial charge in [-0.2, -0.15) is 0 Å². The Bertz CT molecular complexity index is 550. The Balaban J connectivity index is 2.07. The minimum atomic E-state index is -0.406. The molecule has 7 heteroatoms. The standard InChI is InChI=1S/C14H18ClN3O3/c1-8-12(17-5-6-21-8)14(20)18-9-3-4-10(11(15)7-9)13(19)16-2/h3-4,7-8,12,17H,5-6H2,1-2H3,(H,16,19)(H,18,20)/t8-,12+/m1/s1. The lowest BCUT2D eigenvalue weighted by Crippen LogP contribution is -2.53. The van der Waals surface area contributed by atoms with Crippen LogP contribution in [0.5, 0.6) is 0 Å². The number of ether oxygens (including phenoxy) is 1. The summed E-state index contributed by atoms with van der Waals surface area (Å²) < 4.78 is 5.44. The topological polar surface area (TPSA) is 79.5 Å². The number of benzene rings is 1. The molecular formula is C14H18ClN3O3. The van der Waals surface area contributed by atoms with Crippen molar-refractivity contribution in [1.82, 2.24) is 10.6 Å². The molecule has 0 saturated carbocycles. The summed E-state index contributed by atoms with van der Waals surface area (Å²) in [5.74, 6) is -0.459. The first-order chi connectivity index (χ1) is 10.0. The maximum absolute atomic E-state index is 12.2. The summed E-state index contributed by atoms with van der Waals surface area (Å²) in [7, 11) is 1.53. The second-order valence-electron chi connectivity index (χ2n) is 4.77. The van der Waals surface area contributed by atoms with Crippen LogP contribution in [0.25, 0.3) is 0 Å². The van der Waals surface area contributed by atoms with Crippen LogP contribution in [-0.2, 0) is 9.53 Å². The largest absolute Gasteiger partial charge is 0.375 e. The fraction of sp³-hybridized carbons (Fsp3) is 0.429. The maximum atomic E-state index is 12.2. The quantitative estimate of drug-likeness (QED) is 0.778. The molecule has 0 aromatic heterocycles. The number of nitrogens with one attached hydrogen (secondary N) is 3. The SMILES string of the molecule is CNC(=O)c1ccc(NC(=O)[C@H]2NCCO[C@@H]2C)cc1Cl. The molecule has 0 radical (unpaired) electrons. The highest BCUT2D eigenvalue weighted by atomic mass is 35.5. The fourth-order valence-corrected chi connectivity index (χ4v) is 2.43. The second kappa shape index (κ2) is 6.89. The molecule has 1 saturated heterocycles. The zero-order valence-corrected chi connectivity index (χ0v) is 12.7. The van der Waals surface area contributed by atoms with Gasteiger partial charge in [0.15, 0.2) is 0 Å². The lowest BCUT2D eigenvalue weighted by Gasteiger charge is -2.29. The Morgan fingerprint density at radius 2 is 2.19 bits per heavy atom. The number of hydrogen-bond donors (Lipinski definition) is 3. The molecule has 0 unspecified atom stereocenters. The highest BCUT2D eigenvalue weighted by molar-refractivity contribution is 6.34. The molecule has 1 aliphatic heterocycles. The number of halogens is 1. The predicted octanol–water partition coefficient (Wildman–Crippen LogP) is 1.01. The third-order valence-electron chi connectivity index (χ3n) is 3.31. The molecule has 2 amide bonds. The molecule has 21 heavy (non-hydrogen) atoms. The summed E-state index contributed by atoms with van der Waals surface area (Å²) in [6.45, 7) is 3.08. The van der Waals surface area contributed by atoms with Crippen molar-refractivity contribution in [3.8, 4) is 0 Å². The molecule has 3 N–H and O–H groups in total. The molecular weight excluding hydrogens is 294 g/mol. The Morgan fingerprint density at radius 3 is 2.81 bits per heavy atom. The van der Waals surface area contributed by atoms with Crippen molar-refractivity contribution < 1.29 is 14.3 Å². The van der Waals surface area contributed by atoms with E-state index in [1.54, 1.807) is 18.2 Å². The number of amides is 2. The first-order valence-electron chi connectivity index (χ1n) is 6.70. The number of rotatable bonds is 3. The smallest absolute Gasteiger partial charge is 0.252 e. The van der Waals surface area contributed by atoms with Crippen LogP contribution in [0.3, 0.4) is 0 Å². The molecule has 1 aliphatic rings. The summed E-state index contributed by atoms with van der Waals surface area (Å²) in [5, 5.41) is 8.67. The molecule has 2 rings (SSSR count). The predicted molar refractivity (Wildman–Crippen MR) is 80.7 cm³/mol. The Morgan fingerprint density at radius 1 is 1.43 bits per heavy atom. The van der Waals surface area contributed by atoms with Crippen LogP contribution in [0.4, 0.5) is 5.69 Å².